The van der Waals surface area contributed by atoms with Gasteiger partial charge in [0, 0.05) is 18.3 Å². The Labute approximate surface area is 174 Å². The predicted octanol–water partition coefficient (Wildman–Crippen LogP) is 3.77. The number of benzene rings is 2. The highest BCUT2D eigenvalue weighted by Gasteiger charge is 2.22. The maximum atomic E-state index is 13.9. The summed E-state index contributed by atoms with van der Waals surface area (Å²) in [6.45, 7) is -0.595. The maximum absolute atomic E-state index is 13.9. The Kier molecular flexibility index (Phi) is 6.33. The van der Waals surface area contributed by atoms with E-state index in [0.717, 1.165) is 4.68 Å². The van der Waals surface area contributed by atoms with Crippen molar-refractivity contribution in [3.63, 3.8) is 0 Å². The lowest BCUT2D eigenvalue weighted by Gasteiger charge is -2.15. The molecule has 7 nitrogen and oxygen atoms in total. The number of carbonyl (C=O) groups excluding carboxylic acids is 1. The van der Waals surface area contributed by atoms with Crippen LogP contribution in [0.2, 0.25) is 0 Å². The van der Waals surface area contributed by atoms with Crippen molar-refractivity contribution in [3.05, 3.63) is 64.9 Å². The molecule has 0 saturated heterocycles. The molecule has 31 heavy (non-hydrogen) atoms. The number of anilines is 1. The first-order valence-electron chi connectivity index (χ1n) is 8.76. The lowest BCUT2D eigenvalue weighted by Crippen LogP contribution is -2.15. The second kappa shape index (κ2) is 8.94. The zero-order valence-corrected chi connectivity index (χ0v) is 16.6. The highest BCUT2D eigenvalue weighted by atomic mass is 19.2. The van der Waals surface area contributed by atoms with Gasteiger partial charge in [0.25, 0.3) is 5.91 Å². The number of halogens is 4. The van der Waals surface area contributed by atoms with E-state index >= 15 is 0 Å². The summed E-state index contributed by atoms with van der Waals surface area (Å²) in [7, 11) is 4.17. The Balaban J connectivity index is 1.83. The molecule has 0 aliphatic carbocycles. The lowest BCUT2D eigenvalue weighted by atomic mass is 10.1. The van der Waals surface area contributed by atoms with Gasteiger partial charge in [0.2, 0.25) is 5.75 Å². The minimum absolute atomic E-state index is 0.0273. The van der Waals surface area contributed by atoms with Crippen molar-refractivity contribution >= 4 is 11.7 Å². The third-order valence-electron chi connectivity index (χ3n) is 4.35. The van der Waals surface area contributed by atoms with Crippen LogP contribution in [-0.4, -0.2) is 37.0 Å². The summed E-state index contributed by atoms with van der Waals surface area (Å²) >= 11 is 0. The molecule has 0 fully saturated rings. The Morgan fingerprint density at radius 2 is 1.61 bits per heavy atom. The van der Waals surface area contributed by atoms with Gasteiger partial charge in [-0.2, -0.15) is 5.10 Å². The summed E-state index contributed by atoms with van der Waals surface area (Å²) in [5, 5.41) is 6.45. The topological polar surface area (TPSA) is 74.6 Å². The van der Waals surface area contributed by atoms with Gasteiger partial charge < -0.3 is 19.5 Å². The molecule has 0 unspecified atom stereocenters. The number of ether oxygens (including phenoxy) is 3. The summed E-state index contributed by atoms with van der Waals surface area (Å²) in [6, 6.07) is 4.43. The van der Waals surface area contributed by atoms with E-state index in [4.69, 9.17) is 14.2 Å². The van der Waals surface area contributed by atoms with E-state index in [1.165, 1.54) is 45.7 Å². The van der Waals surface area contributed by atoms with Crippen LogP contribution in [-0.2, 0) is 6.54 Å². The van der Waals surface area contributed by atoms with Crippen LogP contribution in [0.5, 0.6) is 17.2 Å². The number of aromatic nitrogens is 2. The first kappa shape index (κ1) is 21.9. The average Bonchev–Trinajstić information content (AvgIpc) is 3.20. The van der Waals surface area contributed by atoms with Gasteiger partial charge in [-0.15, -0.1) is 0 Å². The maximum Gasteiger partial charge on any atom is 0.260 e. The van der Waals surface area contributed by atoms with Gasteiger partial charge in [0.1, 0.15) is 0 Å². The molecule has 0 atom stereocenters. The number of hydrogen-bond donors (Lipinski definition) is 1. The molecule has 0 radical (unpaired) electrons. The van der Waals surface area contributed by atoms with Crippen molar-refractivity contribution in [1.82, 2.24) is 9.78 Å². The van der Waals surface area contributed by atoms with Crippen LogP contribution in [0, 0.1) is 23.3 Å². The first-order valence-corrected chi connectivity index (χ1v) is 8.76. The van der Waals surface area contributed by atoms with Crippen molar-refractivity contribution in [3.8, 4) is 17.2 Å². The van der Waals surface area contributed by atoms with E-state index in [9.17, 15) is 22.4 Å². The van der Waals surface area contributed by atoms with Crippen LogP contribution in [0.15, 0.2) is 30.5 Å². The lowest BCUT2D eigenvalue weighted by molar-refractivity contribution is 0.102. The van der Waals surface area contributed by atoms with Crippen LogP contribution in [0.1, 0.15) is 15.9 Å². The van der Waals surface area contributed by atoms with Crippen molar-refractivity contribution in [2.45, 2.75) is 6.54 Å². The smallest absolute Gasteiger partial charge is 0.260 e. The van der Waals surface area contributed by atoms with Gasteiger partial charge in [0.05, 0.1) is 39.0 Å². The zero-order chi connectivity index (χ0) is 22.7. The standard InChI is InChI=1S/C20H17F4N3O4/c1-29-14-5-4-10(18(30-2)19(14)31-3)20(28)25-15-6-7-27(26-15)9-11-16(23)12(21)8-13(22)17(11)24/h4-8H,9H2,1-3H3,(H,25,26,28). The van der Waals surface area contributed by atoms with Crippen LogP contribution in [0.25, 0.3) is 0 Å². The van der Waals surface area contributed by atoms with Crippen molar-refractivity contribution < 1.29 is 36.6 Å². The molecule has 0 aliphatic rings. The Bertz CT molecular complexity index is 1110. The van der Waals surface area contributed by atoms with Gasteiger partial charge >= 0.3 is 0 Å². The summed E-state index contributed by atoms with van der Waals surface area (Å²) < 4.78 is 71.1. The van der Waals surface area contributed by atoms with Gasteiger partial charge in [-0.1, -0.05) is 0 Å². The quantitative estimate of drug-likeness (QED) is 0.448. The minimum Gasteiger partial charge on any atom is -0.493 e. The molecular formula is C20H17F4N3O4. The Morgan fingerprint density at radius 3 is 2.19 bits per heavy atom. The fourth-order valence-electron chi connectivity index (χ4n) is 2.90. The molecular weight excluding hydrogens is 422 g/mol. The highest BCUT2D eigenvalue weighted by molar-refractivity contribution is 6.06. The average molecular weight is 439 g/mol. The number of carbonyl (C=O) groups is 1. The van der Waals surface area contributed by atoms with Crippen LogP contribution in [0.4, 0.5) is 23.4 Å². The third kappa shape index (κ3) is 4.25. The Morgan fingerprint density at radius 1 is 0.968 bits per heavy atom. The molecule has 164 valence electrons. The summed E-state index contributed by atoms with van der Waals surface area (Å²) in [6.07, 6.45) is 1.28. The van der Waals surface area contributed by atoms with E-state index in [1.807, 2.05) is 0 Å². The van der Waals surface area contributed by atoms with Crippen LogP contribution >= 0.6 is 0 Å². The number of nitrogens with one attached hydrogen (secondary N) is 1. The largest absolute Gasteiger partial charge is 0.493 e. The first-order chi connectivity index (χ1) is 14.8. The van der Waals surface area contributed by atoms with Crippen LogP contribution in [0.3, 0.4) is 0 Å². The SMILES string of the molecule is COc1ccc(C(=O)Nc2ccn(Cc3c(F)c(F)cc(F)c3F)n2)c(OC)c1OC. The molecule has 1 N–H and O–H groups in total. The number of amides is 1. The van der Waals surface area contributed by atoms with Crippen LogP contribution < -0.4 is 19.5 Å². The molecule has 3 rings (SSSR count). The molecule has 0 aliphatic heterocycles. The van der Waals surface area contributed by atoms with E-state index in [2.05, 4.69) is 10.4 Å². The molecule has 1 heterocycles. The van der Waals surface area contributed by atoms with Gasteiger partial charge in [-0.05, 0) is 12.1 Å². The van der Waals surface area contributed by atoms with E-state index in [-0.39, 0.29) is 28.9 Å². The number of hydrogen-bond acceptors (Lipinski definition) is 5. The molecule has 0 bridgehead atoms. The second-order valence-corrected chi connectivity index (χ2v) is 6.18. The van der Waals surface area contributed by atoms with Crippen molar-refractivity contribution in [2.24, 2.45) is 0 Å². The fourth-order valence-corrected chi connectivity index (χ4v) is 2.90. The van der Waals surface area contributed by atoms with E-state index in [1.54, 1.807) is 0 Å². The summed E-state index contributed by atoms with van der Waals surface area (Å²) in [4.78, 5) is 12.7. The van der Waals surface area contributed by atoms with Gasteiger partial charge in [-0.3, -0.25) is 9.48 Å². The Hall–Kier alpha value is -3.76. The monoisotopic (exact) mass is 439 g/mol. The number of nitrogens with zero attached hydrogens (tertiary/aromatic N) is 2. The van der Waals surface area contributed by atoms with Gasteiger partial charge in [-0.25, -0.2) is 17.6 Å². The number of methoxy groups -OCH3 is 3. The normalized spacial score (nSPS) is 10.7. The second-order valence-electron chi connectivity index (χ2n) is 6.18. The molecule has 0 saturated carbocycles. The molecule has 11 heteroatoms. The number of rotatable bonds is 7. The summed E-state index contributed by atoms with van der Waals surface area (Å²) in [5.74, 6) is -5.97. The van der Waals surface area contributed by atoms with Crippen molar-refractivity contribution in [1.29, 1.82) is 0 Å². The van der Waals surface area contributed by atoms with E-state index in [0.29, 0.717) is 5.75 Å². The van der Waals surface area contributed by atoms with E-state index < -0.39 is 41.3 Å². The van der Waals surface area contributed by atoms with Crippen molar-refractivity contribution in [2.75, 3.05) is 26.6 Å². The molecule has 2 aromatic carbocycles. The minimum atomic E-state index is -1.52. The fraction of sp³-hybridized carbons (Fsp3) is 0.200. The zero-order valence-electron chi connectivity index (χ0n) is 16.6. The van der Waals surface area contributed by atoms with Gasteiger partial charge in [0.15, 0.2) is 40.6 Å². The predicted molar refractivity (Wildman–Crippen MR) is 102 cm³/mol. The highest BCUT2D eigenvalue weighted by Crippen LogP contribution is 2.39. The molecule has 1 amide bonds. The third-order valence-corrected chi connectivity index (χ3v) is 4.35. The molecule has 0 spiro atoms. The molecule has 3 aromatic rings. The summed E-state index contributed by atoms with van der Waals surface area (Å²) in [5.41, 5.74) is -0.723. The molecule has 1 aromatic heterocycles.